The Balaban J connectivity index is 1.73. The Morgan fingerprint density at radius 2 is 2.04 bits per heavy atom. The molecule has 7 heteroatoms. The van der Waals surface area contributed by atoms with Crippen molar-refractivity contribution >= 4 is 23.3 Å². The third-order valence-corrected chi connectivity index (χ3v) is 4.29. The van der Waals surface area contributed by atoms with Crippen LogP contribution in [0.25, 0.3) is 0 Å². The Labute approximate surface area is 140 Å². The van der Waals surface area contributed by atoms with Gasteiger partial charge >= 0.3 is 5.97 Å². The van der Waals surface area contributed by atoms with Crippen LogP contribution in [0.1, 0.15) is 30.1 Å². The van der Waals surface area contributed by atoms with E-state index in [-0.39, 0.29) is 18.9 Å². The van der Waals surface area contributed by atoms with Gasteiger partial charge in [-0.1, -0.05) is 0 Å². The fourth-order valence-corrected chi connectivity index (χ4v) is 3.00. The number of ether oxygens (including phenoxy) is 1. The van der Waals surface area contributed by atoms with Crippen LogP contribution in [-0.2, 0) is 9.53 Å². The predicted octanol–water partition coefficient (Wildman–Crippen LogP) is 1.59. The molecule has 0 aromatic heterocycles. The fourth-order valence-electron chi connectivity index (χ4n) is 3.00. The molecule has 3 rings (SSSR count). The fraction of sp³-hybridized carbons (Fsp3) is 0.471. The van der Waals surface area contributed by atoms with Crippen LogP contribution in [0.4, 0.5) is 5.69 Å². The lowest BCUT2D eigenvalue weighted by atomic mass is 10.1. The van der Waals surface area contributed by atoms with Gasteiger partial charge in [0.25, 0.3) is 5.91 Å². The summed E-state index contributed by atoms with van der Waals surface area (Å²) in [5.41, 5.74) is 2.60. The van der Waals surface area contributed by atoms with E-state index in [9.17, 15) is 9.59 Å². The quantitative estimate of drug-likeness (QED) is 0.906. The summed E-state index contributed by atoms with van der Waals surface area (Å²) in [6, 6.07) is 6.88. The minimum absolute atomic E-state index is 0.106. The number of benzene rings is 1. The van der Waals surface area contributed by atoms with E-state index in [2.05, 4.69) is 5.10 Å². The minimum atomic E-state index is -0.930. The zero-order valence-corrected chi connectivity index (χ0v) is 13.6. The van der Waals surface area contributed by atoms with E-state index in [1.54, 1.807) is 17.0 Å². The molecule has 1 unspecified atom stereocenters. The van der Waals surface area contributed by atoms with Crippen LogP contribution in [0.3, 0.4) is 0 Å². The van der Waals surface area contributed by atoms with E-state index >= 15 is 0 Å². The summed E-state index contributed by atoms with van der Waals surface area (Å²) in [6.45, 7) is 3.95. The Bertz CT molecular complexity index is 656. The number of carbonyl (C=O) groups is 2. The summed E-state index contributed by atoms with van der Waals surface area (Å²) in [4.78, 5) is 25.3. The van der Waals surface area contributed by atoms with Gasteiger partial charge in [0, 0.05) is 30.8 Å². The average molecular weight is 331 g/mol. The molecule has 0 radical (unpaired) electrons. The molecule has 128 valence electrons. The van der Waals surface area contributed by atoms with Crippen LogP contribution in [0, 0.1) is 0 Å². The molecule has 1 aromatic carbocycles. The van der Waals surface area contributed by atoms with Gasteiger partial charge in [-0.05, 0) is 31.2 Å². The van der Waals surface area contributed by atoms with Crippen LogP contribution < -0.4 is 5.01 Å². The van der Waals surface area contributed by atoms with Crippen LogP contribution in [0.15, 0.2) is 29.4 Å². The molecule has 2 heterocycles. The van der Waals surface area contributed by atoms with Crippen molar-refractivity contribution in [1.29, 1.82) is 0 Å². The molecule has 1 N–H and O–H groups in total. The number of morpholine rings is 1. The largest absolute Gasteiger partial charge is 0.481 e. The van der Waals surface area contributed by atoms with Crippen molar-refractivity contribution in [2.24, 2.45) is 5.10 Å². The van der Waals surface area contributed by atoms with Gasteiger partial charge in [-0.3, -0.25) is 14.6 Å². The number of aliphatic carboxylic acids is 1. The summed E-state index contributed by atoms with van der Waals surface area (Å²) >= 11 is 0. The first-order chi connectivity index (χ1) is 11.5. The zero-order chi connectivity index (χ0) is 17.1. The standard InChI is InChI=1S/C17H21N3O4/c1-12-6-7-20(18-12)14-4-2-13(3-5-14)17(23)19-8-9-24-11-15(19)10-16(21)22/h2-5,15H,6-11H2,1H3,(H,21,22). The Kier molecular flexibility index (Phi) is 4.80. The number of anilines is 1. The van der Waals surface area contributed by atoms with Gasteiger partial charge in [0.05, 0.1) is 31.4 Å². The van der Waals surface area contributed by atoms with E-state index in [0.717, 1.165) is 24.4 Å². The second-order valence-electron chi connectivity index (χ2n) is 6.08. The second kappa shape index (κ2) is 7.00. The SMILES string of the molecule is CC1=NN(c2ccc(C(=O)N3CCOCC3CC(=O)O)cc2)CC1. The topological polar surface area (TPSA) is 82.4 Å². The highest BCUT2D eigenvalue weighted by molar-refractivity contribution is 5.95. The van der Waals surface area contributed by atoms with Gasteiger partial charge in [0.1, 0.15) is 0 Å². The molecule has 0 aliphatic carbocycles. The second-order valence-corrected chi connectivity index (χ2v) is 6.08. The predicted molar refractivity (Wildman–Crippen MR) is 89.4 cm³/mol. The molecule has 1 fully saturated rings. The van der Waals surface area contributed by atoms with Gasteiger partial charge in [0.2, 0.25) is 0 Å². The molecule has 0 saturated carbocycles. The molecule has 1 atom stereocenters. The number of carboxylic acid groups (broad SMARTS) is 1. The highest BCUT2D eigenvalue weighted by Crippen LogP contribution is 2.21. The maximum Gasteiger partial charge on any atom is 0.305 e. The van der Waals surface area contributed by atoms with E-state index in [0.29, 0.717) is 18.7 Å². The monoisotopic (exact) mass is 331 g/mol. The Morgan fingerprint density at radius 3 is 2.67 bits per heavy atom. The van der Waals surface area contributed by atoms with Crippen molar-refractivity contribution < 1.29 is 19.4 Å². The molecular weight excluding hydrogens is 310 g/mol. The summed E-state index contributed by atoms with van der Waals surface area (Å²) < 4.78 is 5.32. The van der Waals surface area contributed by atoms with Crippen molar-refractivity contribution in [3.05, 3.63) is 29.8 Å². The Hall–Kier alpha value is -2.41. The Morgan fingerprint density at radius 1 is 1.29 bits per heavy atom. The van der Waals surface area contributed by atoms with E-state index in [4.69, 9.17) is 9.84 Å². The first-order valence-corrected chi connectivity index (χ1v) is 8.07. The first-order valence-electron chi connectivity index (χ1n) is 8.07. The van der Waals surface area contributed by atoms with E-state index < -0.39 is 12.0 Å². The van der Waals surface area contributed by atoms with E-state index in [1.165, 1.54) is 0 Å². The average Bonchev–Trinajstić information content (AvgIpc) is 3.01. The van der Waals surface area contributed by atoms with Crippen LogP contribution in [0.5, 0.6) is 0 Å². The summed E-state index contributed by atoms with van der Waals surface area (Å²) in [5, 5.41) is 15.4. The summed E-state index contributed by atoms with van der Waals surface area (Å²) in [7, 11) is 0. The number of nitrogens with zero attached hydrogens (tertiary/aromatic N) is 3. The lowest BCUT2D eigenvalue weighted by Gasteiger charge is -2.35. The smallest absolute Gasteiger partial charge is 0.305 e. The lowest BCUT2D eigenvalue weighted by Crippen LogP contribution is -2.49. The van der Waals surface area contributed by atoms with Gasteiger partial charge in [0.15, 0.2) is 0 Å². The van der Waals surface area contributed by atoms with Gasteiger partial charge < -0.3 is 14.7 Å². The minimum Gasteiger partial charge on any atom is -0.481 e. The van der Waals surface area contributed by atoms with Crippen molar-refractivity contribution in [3.63, 3.8) is 0 Å². The third-order valence-electron chi connectivity index (χ3n) is 4.29. The van der Waals surface area contributed by atoms with Crippen LogP contribution in [0.2, 0.25) is 0 Å². The number of hydrogen-bond acceptors (Lipinski definition) is 5. The van der Waals surface area contributed by atoms with Crippen molar-refractivity contribution in [2.75, 3.05) is 31.3 Å². The van der Waals surface area contributed by atoms with Crippen LogP contribution in [-0.4, -0.2) is 59.9 Å². The number of amides is 1. The molecule has 2 aliphatic heterocycles. The highest BCUT2D eigenvalue weighted by atomic mass is 16.5. The molecule has 0 bridgehead atoms. The molecule has 1 amide bonds. The van der Waals surface area contributed by atoms with Gasteiger partial charge in [-0.2, -0.15) is 5.10 Å². The summed E-state index contributed by atoms with van der Waals surface area (Å²) in [6.07, 6.45) is 0.844. The number of hydrazone groups is 1. The zero-order valence-electron chi connectivity index (χ0n) is 13.6. The molecule has 2 aliphatic rings. The molecular formula is C17H21N3O4. The molecule has 1 saturated heterocycles. The molecule has 1 aromatic rings. The van der Waals surface area contributed by atoms with Gasteiger partial charge in [-0.15, -0.1) is 0 Å². The number of hydrogen-bond donors (Lipinski definition) is 1. The highest BCUT2D eigenvalue weighted by Gasteiger charge is 2.29. The summed E-state index contributed by atoms with van der Waals surface area (Å²) in [5.74, 6) is -1.09. The molecule has 0 spiro atoms. The maximum atomic E-state index is 12.7. The normalized spacial score (nSPS) is 20.9. The first kappa shape index (κ1) is 16.4. The van der Waals surface area contributed by atoms with Crippen LogP contribution >= 0.6 is 0 Å². The third kappa shape index (κ3) is 3.56. The van der Waals surface area contributed by atoms with Crippen molar-refractivity contribution in [1.82, 2.24) is 4.90 Å². The molecule has 7 nitrogen and oxygen atoms in total. The maximum absolute atomic E-state index is 12.7. The molecule has 24 heavy (non-hydrogen) atoms. The number of rotatable bonds is 4. The van der Waals surface area contributed by atoms with Gasteiger partial charge in [-0.25, -0.2) is 0 Å². The number of carbonyl (C=O) groups excluding carboxylic acids is 1. The van der Waals surface area contributed by atoms with Crippen molar-refractivity contribution in [3.8, 4) is 0 Å². The van der Waals surface area contributed by atoms with Crippen molar-refractivity contribution in [2.45, 2.75) is 25.8 Å². The van der Waals surface area contributed by atoms with E-state index in [1.807, 2.05) is 24.1 Å². The lowest BCUT2D eigenvalue weighted by molar-refractivity contribution is -0.139. The number of carboxylic acids is 1.